The molecule has 196 valence electrons. The zero-order valence-corrected chi connectivity index (χ0v) is 22.1. The number of nitrogens with zero attached hydrogens (tertiary/aromatic N) is 1. The van der Waals surface area contributed by atoms with Crippen LogP contribution in [0.5, 0.6) is 0 Å². The molecule has 0 spiro atoms. The number of benzene rings is 4. The number of anilines is 1. The molecule has 0 aliphatic carbocycles. The molecule has 0 bridgehead atoms. The molecule has 5 rings (SSSR count). The quantitative estimate of drug-likeness (QED) is 0.186. The third kappa shape index (κ3) is 6.14. The molecule has 2 amide bonds. The van der Waals surface area contributed by atoms with Crippen molar-refractivity contribution in [2.75, 3.05) is 11.9 Å². The molecule has 0 radical (unpaired) electrons. The smallest absolute Gasteiger partial charge is 0.256 e. The van der Waals surface area contributed by atoms with E-state index in [0.29, 0.717) is 36.3 Å². The molecule has 6 N–H and O–H groups in total. The SMILES string of the molecule is N/C=C(/c1ccc(CCNC(=O)c2ccc3c(c2)NC(=O)c2ccccc2S3)cc1)N(N)Cc1ccccc1. The highest BCUT2D eigenvalue weighted by atomic mass is 32.2. The van der Waals surface area contributed by atoms with Crippen LogP contribution in [0.4, 0.5) is 5.69 Å². The fourth-order valence-corrected chi connectivity index (χ4v) is 5.41. The summed E-state index contributed by atoms with van der Waals surface area (Å²) in [6.07, 6.45) is 2.18. The molecule has 4 aromatic rings. The lowest BCUT2D eigenvalue weighted by Crippen LogP contribution is -2.29. The Morgan fingerprint density at radius 2 is 1.59 bits per heavy atom. The summed E-state index contributed by atoms with van der Waals surface area (Å²) in [4.78, 5) is 27.3. The summed E-state index contributed by atoms with van der Waals surface area (Å²) in [6.45, 7) is 1.01. The zero-order valence-electron chi connectivity index (χ0n) is 21.3. The molecule has 0 saturated heterocycles. The molecule has 0 aromatic heterocycles. The van der Waals surface area contributed by atoms with E-state index in [1.54, 1.807) is 23.2 Å². The Morgan fingerprint density at radius 1 is 0.872 bits per heavy atom. The second-order valence-electron chi connectivity index (χ2n) is 9.13. The number of fused-ring (bicyclic) bond motifs is 2. The Balaban J connectivity index is 1.17. The largest absolute Gasteiger partial charge is 0.403 e. The number of hydrogen-bond acceptors (Lipinski definition) is 6. The van der Waals surface area contributed by atoms with E-state index < -0.39 is 0 Å². The van der Waals surface area contributed by atoms with Gasteiger partial charge in [0.15, 0.2) is 0 Å². The van der Waals surface area contributed by atoms with Crippen molar-refractivity contribution in [3.05, 3.63) is 131 Å². The fourth-order valence-electron chi connectivity index (χ4n) is 4.40. The van der Waals surface area contributed by atoms with E-state index in [0.717, 1.165) is 32.2 Å². The number of amides is 2. The number of hydrazine groups is 1. The molecule has 0 unspecified atom stereocenters. The average Bonchev–Trinajstić information content (AvgIpc) is 3.10. The molecule has 1 heterocycles. The number of hydrogen-bond donors (Lipinski definition) is 4. The van der Waals surface area contributed by atoms with Crippen molar-refractivity contribution in [3.63, 3.8) is 0 Å². The highest BCUT2D eigenvalue weighted by molar-refractivity contribution is 7.99. The Labute approximate surface area is 231 Å². The van der Waals surface area contributed by atoms with Crippen LogP contribution in [-0.4, -0.2) is 23.4 Å². The Hall–Kier alpha value is -4.53. The minimum Gasteiger partial charge on any atom is -0.403 e. The summed E-state index contributed by atoms with van der Waals surface area (Å²) in [7, 11) is 0. The molecule has 1 aliphatic heterocycles. The predicted molar refractivity (Wildman–Crippen MR) is 156 cm³/mol. The monoisotopic (exact) mass is 535 g/mol. The average molecular weight is 536 g/mol. The molecule has 8 heteroatoms. The molecule has 1 aliphatic rings. The van der Waals surface area contributed by atoms with Crippen LogP contribution < -0.4 is 22.2 Å². The minimum atomic E-state index is -0.191. The first-order valence-corrected chi connectivity index (χ1v) is 13.4. The molecule has 4 aromatic carbocycles. The van der Waals surface area contributed by atoms with Crippen molar-refractivity contribution in [2.24, 2.45) is 11.6 Å². The molecule has 39 heavy (non-hydrogen) atoms. The standard InChI is InChI=1S/C31H29N5O2S/c32-19-27(36(33)20-22-6-2-1-3-7-22)23-12-10-21(11-13-23)16-17-34-30(37)24-14-15-29-26(18-24)35-31(38)25-8-4-5-9-28(25)39-29/h1-15,18-19H,16-17,20,32-33H2,(H,34,37)(H,35,38)/b27-19-. The molecular formula is C31H29N5O2S. The van der Waals surface area contributed by atoms with Crippen LogP contribution in [0.2, 0.25) is 0 Å². The Bertz CT molecular complexity index is 1520. The minimum absolute atomic E-state index is 0.177. The van der Waals surface area contributed by atoms with E-state index in [9.17, 15) is 9.59 Å². The number of rotatable bonds is 8. The summed E-state index contributed by atoms with van der Waals surface area (Å²) in [6, 6.07) is 30.8. The first-order chi connectivity index (χ1) is 19.0. The van der Waals surface area contributed by atoms with Gasteiger partial charge >= 0.3 is 0 Å². The lowest BCUT2D eigenvalue weighted by atomic mass is 10.1. The van der Waals surface area contributed by atoms with Crippen molar-refractivity contribution in [1.29, 1.82) is 0 Å². The molecule has 0 saturated carbocycles. The second kappa shape index (κ2) is 11.9. The molecular weight excluding hydrogens is 506 g/mol. The van der Waals surface area contributed by atoms with Crippen LogP contribution >= 0.6 is 11.8 Å². The van der Waals surface area contributed by atoms with Gasteiger partial charge in [-0.05, 0) is 47.9 Å². The maximum atomic E-state index is 12.8. The van der Waals surface area contributed by atoms with Crippen LogP contribution in [0.25, 0.3) is 5.70 Å². The Kier molecular flexibility index (Phi) is 7.96. The molecule has 0 atom stereocenters. The van der Waals surface area contributed by atoms with Crippen LogP contribution in [0, 0.1) is 0 Å². The van der Waals surface area contributed by atoms with E-state index in [1.165, 1.54) is 18.0 Å². The van der Waals surface area contributed by atoms with E-state index in [2.05, 4.69) is 10.6 Å². The van der Waals surface area contributed by atoms with Gasteiger partial charge in [-0.25, -0.2) is 5.84 Å². The normalized spacial score (nSPS) is 12.5. The van der Waals surface area contributed by atoms with Gasteiger partial charge in [-0.15, -0.1) is 0 Å². The summed E-state index contributed by atoms with van der Waals surface area (Å²) >= 11 is 1.51. The lowest BCUT2D eigenvalue weighted by molar-refractivity contribution is 0.0952. The molecule has 7 nitrogen and oxygen atoms in total. The van der Waals surface area contributed by atoms with Crippen molar-refractivity contribution in [3.8, 4) is 0 Å². The second-order valence-corrected chi connectivity index (χ2v) is 10.2. The summed E-state index contributed by atoms with van der Waals surface area (Å²) < 4.78 is 0. The maximum Gasteiger partial charge on any atom is 0.256 e. The Morgan fingerprint density at radius 3 is 2.36 bits per heavy atom. The zero-order chi connectivity index (χ0) is 27.2. The van der Waals surface area contributed by atoms with Gasteiger partial charge in [0.1, 0.15) is 0 Å². The van der Waals surface area contributed by atoms with Gasteiger partial charge in [-0.2, -0.15) is 0 Å². The van der Waals surface area contributed by atoms with Crippen molar-refractivity contribution in [2.45, 2.75) is 22.8 Å². The maximum absolute atomic E-state index is 12.8. The first-order valence-electron chi connectivity index (χ1n) is 12.6. The number of nitrogens with two attached hydrogens (primary N) is 2. The summed E-state index contributed by atoms with van der Waals surface area (Å²) in [5.41, 5.74) is 11.5. The fraction of sp³-hybridized carbons (Fsp3) is 0.0968. The topological polar surface area (TPSA) is 113 Å². The van der Waals surface area contributed by atoms with Gasteiger partial charge in [-0.3, -0.25) is 9.59 Å². The van der Waals surface area contributed by atoms with E-state index >= 15 is 0 Å². The van der Waals surface area contributed by atoms with E-state index in [1.807, 2.05) is 78.9 Å². The van der Waals surface area contributed by atoms with Crippen LogP contribution in [0.3, 0.4) is 0 Å². The van der Waals surface area contributed by atoms with Gasteiger partial charge in [0, 0.05) is 33.7 Å². The molecule has 0 fully saturated rings. The van der Waals surface area contributed by atoms with Crippen LogP contribution in [0.1, 0.15) is 37.4 Å². The van der Waals surface area contributed by atoms with Gasteiger partial charge < -0.3 is 21.4 Å². The lowest BCUT2D eigenvalue weighted by Gasteiger charge is -2.22. The van der Waals surface area contributed by atoms with Crippen LogP contribution in [0.15, 0.2) is 113 Å². The van der Waals surface area contributed by atoms with Crippen molar-refractivity contribution >= 4 is 35.0 Å². The first kappa shape index (κ1) is 26.1. The number of carbonyl (C=O) groups excluding carboxylic acids is 2. The van der Waals surface area contributed by atoms with E-state index in [4.69, 9.17) is 11.6 Å². The van der Waals surface area contributed by atoms with Gasteiger partial charge in [-0.1, -0.05) is 78.5 Å². The van der Waals surface area contributed by atoms with E-state index in [-0.39, 0.29) is 11.8 Å². The van der Waals surface area contributed by atoms with Gasteiger partial charge in [0.2, 0.25) is 0 Å². The predicted octanol–water partition coefficient (Wildman–Crippen LogP) is 5.01. The highest BCUT2D eigenvalue weighted by Gasteiger charge is 2.20. The van der Waals surface area contributed by atoms with Gasteiger partial charge in [0.25, 0.3) is 11.8 Å². The number of nitrogens with one attached hydrogen (secondary N) is 2. The number of carbonyl (C=O) groups is 2. The van der Waals surface area contributed by atoms with Gasteiger partial charge in [0.05, 0.1) is 23.5 Å². The van der Waals surface area contributed by atoms with Crippen LogP contribution in [-0.2, 0) is 13.0 Å². The highest BCUT2D eigenvalue weighted by Crippen LogP contribution is 2.39. The third-order valence-corrected chi connectivity index (χ3v) is 7.61. The van der Waals surface area contributed by atoms with Crippen molar-refractivity contribution in [1.82, 2.24) is 10.3 Å². The summed E-state index contributed by atoms with van der Waals surface area (Å²) in [5.74, 6) is 5.92. The third-order valence-electron chi connectivity index (χ3n) is 6.45. The summed E-state index contributed by atoms with van der Waals surface area (Å²) in [5, 5.41) is 7.53. The van der Waals surface area contributed by atoms with Crippen molar-refractivity contribution < 1.29 is 9.59 Å².